The Morgan fingerprint density at radius 3 is 2.42 bits per heavy atom. The van der Waals surface area contributed by atoms with Crippen molar-refractivity contribution < 1.29 is 12.8 Å². The average molecular weight is 435 g/mol. The zero-order valence-corrected chi connectivity index (χ0v) is 17.3. The van der Waals surface area contributed by atoms with Crippen molar-refractivity contribution in [1.29, 1.82) is 0 Å². The number of aromatic nitrogens is 3. The Hall–Kier alpha value is -3.85. The molecule has 156 valence electrons. The average Bonchev–Trinajstić information content (AvgIpc) is 2.77. The number of rotatable bonds is 6. The molecule has 2 N–H and O–H groups in total. The summed E-state index contributed by atoms with van der Waals surface area (Å²) in [6.07, 6.45) is 3.31. The van der Waals surface area contributed by atoms with Gasteiger partial charge < -0.3 is 5.32 Å². The van der Waals surface area contributed by atoms with E-state index in [0.29, 0.717) is 28.7 Å². The number of sulfonamides is 1. The highest BCUT2D eigenvalue weighted by atomic mass is 32.2. The largest absolute Gasteiger partial charge is 0.324 e. The summed E-state index contributed by atoms with van der Waals surface area (Å²) in [5.74, 6) is -0.154. The van der Waals surface area contributed by atoms with Crippen LogP contribution in [0.3, 0.4) is 0 Å². The summed E-state index contributed by atoms with van der Waals surface area (Å²) in [5.41, 5.74) is 3.22. The molecule has 2 aromatic heterocycles. The van der Waals surface area contributed by atoms with Crippen LogP contribution in [0, 0.1) is 12.7 Å². The Bertz CT molecular complexity index is 1310. The van der Waals surface area contributed by atoms with E-state index in [4.69, 9.17) is 0 Å². The van der Waals surface area contributed by atoms with Crippen LogP contribution in [0.2, 0.25) is 0 Å². The number of hydrogen-bond donors (Lipinski definition) is 2. The van der Waals surface area contributed by atoms with Crippen molar-refractivity contribution in [3.05, 3.63) is 90.5 Å². The van der Waals surface area contributed by atoms with Gasteiger partial charge in [-0.2, -0.15) is 0 Å². The van der Waals surface area contributed by atoms with Crippen LogP contribution in [-0.4, -0.2) is 23.4 Å². The van der Waals surface area contributed by atoms with Gasteiger partial charge in [0.1, 0.15) is 5.82 Å². The maximum Gasteiger partial charge on any atom is 0.261 e. The lowest BCUT2D eigenvalue weighted by molar-refractivity contribution is 0.599. The van der Waals surface area contributed by atoms with Gasteiger partial charge in [0.25, 0.3) is 10.0 Å². The SMILES string of the molecule is Cc1ccc(NS(=O)(=O)c2ccc(F)cc2)cc1Nc1nccc(-c2ccccn2)n1. The van der Waals surface area contributed by atoms with E-state index in [2.05, 4.69) is 25.0 Å². The third kappa shape index (κ3) is 4.84. The highest BCUT2D eigenvalue weighted by Gasteiger charge is 2.15. The molecule has 0 amide bonds. The fourth-order valence-electron chi connectivity index (χ4n) is 2.84. The Morgan fingerprint density at radius 2 is 1.68 bits per heavy atom. The van der Waals surface area contributed by atoms with Crippen molar-refractivity contribution in [1.82, 2.24) is 15.0 Å². The molecule has 7 nitrogen and oxygen atoms in total. The normalized spacial score (nSPS) is 11.2. The molecule has 0 saturated carbocycles. The molecule has 4 rings (SSSR count). The molecule has 31 heavy (non-hydrogen) atoms. The summed E-state index contributed by atoms with van der Waals surface area (Å²) in [5, 5.41) is 3.12. The molecule has 0 aliphatic rings. The van der Waals surface area contributed by atoms with Gasteiger partial charge in [-0.25, -0.2) is 22.8 Å². The molecule has 0 unspecified atom stereocenters. The summed E-state index contributed by atoms with van der Waals surface area (Å²) in [6.45, 7) is 1.88. The Balaban J connectivity index is 1.58. The summed E-state index contributed by atoms with van der Waals surface area (Å²) in [4.78, 5) is 13.0. The highest BCUT2D eigenvalue weighted by molar-refractivity contribution is 7.92. The minimum Gasteiger partial charge on any atom is -0.324 e. The number of anilines is 3. The molecule has 9 heteroatoms. The Morgan fingerprint density at radius 1 is 0.871 bits per heavy atom. The summed E-state index contributed by atoms with van der Waals surface area (Å²) >= 11 is 0. The lowest BCUT2D eigenvalue weighted by Gasteiger charge is -2.13. The zero-order valence-electron chi connectivity index (χ0n) is 16.4. The third-order valence-corrected chi connectivity index (χ3v) is 5.84. The second-order valence-corrected chi connectivity index (χ2v) is 8.38. The molecule has 0 bridgehead atoms. The minimum atomic E-state index is -3.86. The predicted molar refractivity (Wildman–Crippen MR) is 117 cm³/mol. The molecule has 2 aromatic carbocycles. The van der Waals surface area contributed by atoms with E-state index in [0.717, 1.165) is 17.7 Å². The van der Waals surface area contributed by atoms with E-state index in [1.54, 1.807) is 36.7 Å². The molecular formula is C22H18FN5O2S. The smallest absolute Gasteiger partial charge is 0.261 e. The van der Waals surface area contributed by atoms with Crippen LogP contribution in [-0.2, 0) is 10.0 Å². The van der Waals surface area contributed by atoms with E-state index in [1.807, 2.05) is 25.1 Å². The fraction of sp³-hybridized carbons (Fsp3) is 0.0455. The van der Waals surface area contributed by atoms with Crippen molar-refractivity contribution >= 4 is 27.3 Å². The number of halogens is 1. The molecule has 2 heterocycles. The van der Waals surface area contributed by atoms with Gasteiger partial charge in [0.2, 0.25) is 5.95 Å². The highest BCUT2D eigenvalue weighted by Crippen LogP contribution is 2.25. The first kappa shape index (κ1) is 20.4. The fourth-order valence-corrected chi connectivity index (χ4v) is 3.89. The molecule has 0 radical (unpaired) electrons. The van der Waals surface area contributed by atoms with Gasteiger partial charge in [-0.3, -0.25) is 9.71 Å². The lowest BCUT2D eigenvalue weighted by Crippen LogP contribution is -2.13. The summed E-state index contributed by atoms with van der Waals surface area (Å²) < 4.78 is 40.8. The lowest BCUT2D eigenvalue weighted by atomic mass is 10.2. The zero-order chi connectivity index (χ0) is 21.8. The van der Waals surface area contributed by atoms with Crippen LogP contribution in [0.25, 0.3) is 11.4 Å². The third-order valence-electron chi connectivity index (χ3n) is 4.44. The number of hydrogen-bond acceptors (Lipinski definition) is 6. The maximum atomic E-state index is 13.1. The maximum absolute atomic E-state index is 13.1. The van der Waals surface area contributed by atoms with Crippen LogP contribution < -0.4 is 10.0 Å². The Labute approximate surface area is 179 Å². The second kappa shape index (κ2) is 8.49. The van der Waals surface area contributed by atoms with E-state index in [-0.39, 0.29) is 4.90 Å². The van der Waals surface area contributed by atoms with Crippen molar-refractivity contribution in [2.24, 2.45) is 0 Å². The Kier molecular flexibility index (Phi) is 5.59. The molecule has 0 aliphatic heterocycles. The van der Waals surface area contributed by atoms with Crippen molar-refractivity contribution in [3.63, 3.8) is 0 Å². The predicted octanol–water partition coefficient (Wildman–Crippen LogP) is 4.53. The first-order valence-electron chi connectivity index (χ1n) is 9.31. The van der Waals surface area contributed by atoms with Gasteiger partial charge in [0, 0.05) is 18.1 Å². The quantitative estimate of drug-likeness (QED) is 0.462. The number of pyridine rings is 1. The van der Waals surface area contributed by atoms with Crippen molar-refractivity contribution in [2.75, 3.05) is 10.0 Å². The van der Waals surface area contributed by atoms with Crippen LogP contribution >= 0.6 is 0 Å². The topological polar surface area (TPSA) is 96.9 Å². The number of benzene rings is 2. The van der Waals surface area contributed by atoms with Gasteiger partial charge >= 0.3 is 0 Å². The molecule has 0 aliphatic carbocycles. The molecule has 0 spiro atoms. The van der Waals surface area contributed by atoms with Crippen LogP contribution in [0.5, 0.6) is 0 Å². The standard InChI is InChI=1S/C22H18FN5O2S/c1-15-5-8-17(28-31(29,30)18-9-6-16(23)7-10-18)14-21(15)27-22-25-13-11-20(26-22)19-4-2-3-12-24-19/h2-14,28H,1H3,(H,25,26,27). The number of nitrogens with zero attached hydrogens (tertiary/aromatic N) is 3. The van der Waals surface area contributed by atoms with Crippen LogP contribution in [0.1, 0.15) is 5.56 Å². The first-order valence-corrected chi connectivity index (χ1v) is 10.8. The van der Waals surface area contributed by atoms with E-state index in [9.17, 15) is 12.8 Å². The number of aryl methyl sites for hydroxylation is 1. The van der Waals surface area contributed by atoms with E-state index in [1.165, 1.54) is 12.1 Å². The van der Waals surface area contributed by atoms with Crippen LogP contribution in [0.15, 0.2) is 84.0 Å². The van der Waals surface area contributed by atoms with Gasteiger partial charge in [0.15, 0.2) is 0 Å². The number of nitrogens with one attached hydrogen (secondary N) is 2. The monoisotopic (exact) mass is 435 g/mol. The van der Waals surface area contributed by atoms with Crippen molar-refractivity contribution in [3.8, 4) is 11.4 Å². The van der Waals surface area contributed by atoms with Gasteiger partial charge in [-0.1, -0.05) is 12.1 Å². The molecule has 0 fully saturated rings. The van der Waals surface area contributed by atoms with Crippen LogP contribution in [0.4, 0.5) is 21.7 Å². The second-order valence-electron chi connectivity index (χ2n) is 6.69. The summed E-state index contributed by atoms with van der Waals surface area (Å²) in [6, 6.07) is 17.0. The molecule has 4 aromatic rings. The minimum absolute atomic E-state index is 0.0321. The molecule has 0 atom stereocenters. The first-order chi connectivity index (χ1) is 14.9. The van der Waals surface area contributed by atoms with Gasteiger partial charge in [0.05, 0.1) is 22.0 Å². The summed E-state index contributed by atoms with van der Waals surface area (Å²) in [7, 11) is -3.86. The van der Waals surface area contributed by atoms with Gasteiger partial charge in [-0.05, 0) is 67.1 Å². The van der Waals surface area contributed by atoms with Crippen molar-refractivity contribution in [2.45, 2.75) is 11.8 Å². The van der Waals surface area contributed by atoms with E-state index >= 15 is 0 Å². The van der Waals surface area contributed by atoms with E-state index < -0.39 is 15.8 Å². The molecular weight excluding hydrogens is 417 g/mol. The molecule has 0 saturated heterocycles. The van der Waals surface area contributed by atoms with Gasteiger partial charge in [-0.15, -0.1) is 0 Å².